The minimum atomic E-state index is -3.88. The number of rotatable bonds is 5. The molecule has 2 aromatic rings. The molecule has 0 radical (unpaired) electrons. The van der Waals surface area contributed by atoms with Gasteiger partial charge in [-0.2, -0.15) is 0 Å². The second-order valence-electron chi connectivity index (χ2n) is 4.97. The first-order valence-corrected chi connectivity index (χ1v) is 8.21. The van der Waals surface area contributed by atoms with E-state index >= 15 is 0 Å². The summed E-state index contributed by atoms with van der Waals surface area (Å²) in [6.07, 6.45) is 2.94. The van der Waals surface area contributed by atoms with Gasteiger partial charge in [0.05, 0.1) is 17.4 Å². The number of aromatic nitrogens is 1. The Kier molecular flexibility index (Phi) is 4.77. The number of benzene rings is 1. The van der Waals surface area contributed by atoms with Gasteiger partial charge in [-0.05, 0) is 38.1 Å². The minimum absolute atomic E-state index is 0.0722. The predicted molar refractivity (Wildman–Crippen MR) is 84.1 cm³/mol. The summed E-state index contributed by atoms with van der Waals surface area (Å²) >= 11 is 0. The maximum atomic E-state index is 12.5. The number of hydrogen-bond donors (Lipinski definition) is 2. The van der Waals surface area contributed by atoms with Crippen LogP contribution in [-0.2, 0) is 10.0 Å². The summed E-state index contributed by atoms with van der Waals surface area (Å²) in [5, 5.41) is 2.69. The van der Waals surface area contributed by atoms with E-state index in [0.29, 0.717) is 5.69 Å². The van der Waals surface area contributed by atoms with Gasteiger partial charge in [-0.3, -0.25) is 14.5 Å². The number of sulfonamides is 1. The molecule has 0 spiro atoms. The van der Waals surface area contributed by atoms with Gasteiger partial charge >= 0.3 is 0 Å². The Morgan fingerprint density at radius 1 is 1.14 bits per heavy atom. The number of nitrogens with one attached hydrogen (secondary N) is 2. The molecule has 22 heavy (non-hydrogen) atoms. The van der Waals surface area contributed by atoms with Crippen molar-refractivity contribution in [3.63, 3.8) is 0 Å². The van der Waals surface area contributed by atoms with Crippen LogP contribution in [0.1, 0.15) is 24.2 Å². The lowest BCUT2D eigenvalue weighted by atomic mass is 10.2. The van der Waals surface area contributed by atoms with Crippen LogP contribution in [0.4, 0.5) is 5.69 Å². The lowest BCUT2D eigenvalue weighted by Gasteiger charge is -2.13. The highest BCUT2D eigenvalue weighted by molar-refractivity contribution is 7.92. The SMILES string of the molecule is CC(C)NC(=O)c1ccccc1S(=O)(=O)Nc1cccnc1. The van der Waals surface area contributed by atoms with Crippen LogP contribution in [0.2, 0.25) is 0 Å². The third-order valence-electron chi connectivity index (χ3n) is 2.75. The number of carbonyl (C=O) groups excluding carboxylic acids is 1. The van der Waals surface area contributed by atoms with Crippen LogP contribution in [0.5, 0.6) is 0 Å². The van der Waals surface area contributed by atoms with E-state index in [9.17, 15) is 13.2 Å². The second-order valence-corrected chi connectivity index (χ2v) is 6.62. The molecule has 1 heterocycles. The maximum Gasteiger partial charge on any atom is 0.262 e. The molecule has 0 saturated carbocycles. The van der Waals surface area contributed by atoms with Crippen molar-refractivity contribution < 1.29 is 13.2 Å². The van der Waals surface area contributed by atoms with E-state index in [1.807, 2.05) is 13.8 Å². The molecule has 7 heteroatoms. The van der Waals surface area contributed by atoms with E-state index < -0.39 is 15.9 Å². The average molecular weight is 319 g/mol. The Morgan fingerprint density at radius 2 is 1.86 bits per heavy atom. The van der Waals surface area contributed by atoms with Crippen LogP contribution in [0.25, 0.3) is 0 Å². The molecule has 1 aromatic carbocycles. The molecule has 0 aliphatic heterocycles. The summed E-state index contributed by atoms with van der Waals surface area (Å²) in [4.78, 5) is 15.9. The second kappa shape index (κ2) is 6.57. The number of carbonyl (C=O) groups is 1. The Labute approximate surface area is 129 Å². The van der Waals surface area contributed by atoms with Gasteiger partial charge in [-0.1, -0.05) is 12.1 Å². The van der Waals surface area contributed by atoms with Gasteiger partial charge in [0.15, 0.2) is 0 Å². The van der Waals surface area contributed by atoms with E-state index in [2.05, 4.69) is 15.0 Å². The van der Waals surface area contributed by atoms with Gasteiger partial charge < -0.3 is 5.32 Å². The summed E-state index contributed by atoms with van der Waals surface area (Å²) in [6.45, 7) is 3.62. The number of pyridine rings is 1. The molecule has 6 nitrogen and oxygen atoms in total. The molecule has 0 unspecified atom stereocenters. The molecule has 0 saturated heterocycles. The van der Waals surface area contributed by atoms with Gasteiger partial charge in [-0.15, -0.1) is 0 Å². The van der Waals surface area contributed by atoms with Crippen molar-refractivity contribution in [1.82, 2.24) is 10.3 Å². The average Bonchev–Trinajstić information content (AvgIpc) is 2.47. The maximum absolute atomic E-state index is 12.5. The van der Waals surface area contributed by atoms with Gasteiger partial charge in [0, 0.05) is 12.2 Å². The molecule has 1 aromatic heterocycles. The van der Waals surface area contributed by atoms with E-state index in [-0.39, 0.29) is 16.5 Å². The fourth-order valence-electron chi connectivity index (χ4n) is 1.86. The number of nitrogens with zero attached hydrogens (tertiary/aromatic N) is 1. The lowest BCUT2D eigenvalue weighted by molar-refractivity contribution is 0.0940. The summed E-state index contributed by atoms with van der Waals surface area (Å²) in [7, 11) is -3.88. The molecule has 2 rings (SSSR count). The van der Waals surface area contributed by atoms with Crippen LogP contribution in [0.15, 0.2) is 53.7 Å². The zero-order chi connectivity index (χ0) is 16.2. The van der Waals surface area contributed by atoms with Crippen molar-refractivity contribution in [2.75, 3.05) is 4.72 Å². The first-order valence-electron chi connectivity index (χ1n) is 6.73. The van der Waals surface area contributed by atoms with Crippen molar-refractivity contribution in [2.24, 2.45) is 0 Å². The number of anilines is 1. The molecular formula is C15H17N3O3S. The Balaban J connectivity index is 2.37. The number of hydrogen-bond acceptors (Lipinski definition) is 4. The summed E-state index contributed by atoms with van der Waals surface area (Å²) in [5.74, 6) is -0.429. The molecule has 0 aliphatic rings. The quantitative estimate of drug-likeness (QED) is 0.882. The van der Waals surface area contributed by atoms with Crippen LogP contribution in [0.3, 0.4) is 0 Å². The molecule has 0 fully saturated rings. The summed E-state index contributed by atoms with van der Waals surface area (Å²) in [5.41, 5.74) is 0.439. The number of amides is 1. The fourth-order valence-corrected chi connectivity index (χ4v) is 3.11. The van der Waals surface area contributed by atoms with E-state index in [4.69, 9.17) is 0 Å². The van der Waals surface area contributed by atoms with Gasteiger partial charge in [0.1, 0.15) is 4.90 Å². The third-order valence-corrected chi connectivity index (χ3v) is 4.19. The highest BCUT2D eigenvalue weighted by Crippen LogP contribution is 2.19. The first kappa shape index (κ1) is 16.0. The molecule has 0 atom stereocenters. The summed E-state index contributed by atoms with van der Waals surface area (Å²) < 4.78 is 27.4. The van der Waals surface area contributed by atoms with Crippen LogP contribution >= 0.6 is 0 Å². The monoisotopic (exact) mass is 319 g/mol. The zero-order valence-corrected chi connectivity index (χ0v) is 13.1. The van der Waals surface area contributed by atoms with E-state index in [0.717, 1.165) is 0 Å². The Bertz CT molecular complexity index is 759. The Morgan fingerprint density at radius 3 is 2.50 bits per heavy atom. The Hall–Kier alpha value is -2.41. The normalized spacial score (nSPS) is 11.2. The van der Waals surface area contributed by atoms with Crippen molar-refractivity contribution in [3.05, 3.63) is 54.4 Å². The predicted octanol–water partition coefficient (Wildman–Crippen LogP) is 2.02. The van der Waals surface area contributed by atoms with Gasteiger partial charge in [0.25, 0.3) is 15.9 Å². The van der Waals surface area contributed by atoms with Gasteiger partial charge in [-0.25, -0.2) is 8.42 Å². The van der Waals surface area contributed by atoms with Crippen molar-refractivity contribution in [2.45, 2.75) is 24.8 Å². The molecule has 1 amide bonds. The van der Waals surface area contributed by atoms with E-state index in [1.54, 1.807) is 30.5 Å². The van der Waals surface area contributed by atoms with Crippen molar-refractivity contribution in [1.29, 1.82) is 0 Å². The minimum Gasteiger partial charge on any atom is -0.350 e. The van der Waals surface area contributed by atoms with Crippen molar-refractivity contribution in [3.8, 4) is 0 Å². The smallest absolute Gasteiger partial charge is 0.262 e. The molecule has 2 N–H and O–H groups in total. The summed E-state index contributed by atoms with van der Waals surface area (Å²) in [6, 6.07) is 9.19. The van der Waals surface area contributed by atoms with Crippen molar-refractivity contribution >= 4 is 21.6 Å². The van der Waals surface area contributed by atoms with Gasteiger partial charge in [0.2, 0.25) is 0 Å². The molecule has 116 valence electrons. The molecule has 0 bridgehead atoms. The topological polar surface area (TPSA) is 88.2 Å². The van der Waals surface area contributed by atoms with Crippen LogP contribution < -0.4 is 10.0 Å². The third kappa shape index (κ3) is 3.82. The largest absolute Gasteiger partial charge is 0.350 e. The highest BCUT2D eigenvalue weighted by Gasteiger charge is 2.22. The lowest BCUT2D eigenvalue weighted by Crippen LogP contribution is -2.31. The standard InChI is InChI=1S/C15H17N3O3S/c1-11(2)17-15(19)13-7-3-4-8-14(13)22(20,21)18-12-6-5-9-16-10-12/h3-11,18H,1-2H3,(H,17,19). The fraction of sp³-hybridized carbons (Fsp3) is 0.200. The van der Waals surface area contributed by atoms with Crippen LogP contribution in [0, 0.1) is 0 Å². The zero-order valence-electron chi connectivity index (χ0n) is 12.3. The van der Waals surface area contributed by atoms with Crippen LogP contribution in [-0.4, -0.2) is 25.4 Å². The first-order chi connectivity index (χ1) is 10.4. The molecular weight excluding hydrogens is 302 g/mol. The molecule has 0 aliphatic carbocycles. The highest BCUT2D eigenvalue weighted by atomic mass is 32.2. The van der Waals surface area contributed by atoms with E-state index in [1.165, 1.54) is 18.3 Å².